The fraction of sp³-hybridized carbons (Fsp3) is 0.0769. The van der Waals surface area contributed by atoms with Gasteiger partial charge in [0.1, 0.15) is 5.82 Å². The molecule has 0 aliphatic carbocycles. The van der Waals surface area contributed by atoms with Crippen LogP contribution in [0.3, 0.4) is 0 Å². The van der Waals surface area contributed by atoms with Gasteiger partial charge in [-0.25, -0.2) is 4.39 Å². The molecule has 3 heteroatoms. The molecule has 2 aromatic carbocycles. The molecule has 1 nitrogen and oxygen atoms in total. The van der Waals surface area contributed by atoms with Crippen molar-refractivity contribution >= 4 is 11.6 Å². The van der Waals surface area contributed by atoms with E-state index < -0.39 is 0 Å². The van der Waals surface area contributed by atoms with E-state index >= 15 is 0 Å². The molecule has 2 N–H and O–H groups in total. The lowest BCUT2D eigenvalue weighted by Gasteiger charge is -2.13. The summed E-state index contributed by atoms with van der Waals surface area (Å²) < 4.78 is 12.9. The molecule has 0 amide bonds. The lowest BCUT2D eigenvalue weighted by molar-refractivity contribution is 0.626. The molecule has 0 aliphatic heterocycles. The Labute approximate surface area is 98.7 Å². The molecule has 0 aliphatic rings. The van der Waals surface area contributed by atoms with Crippen LogP contribution in [0, 0.1) is 5.82 Å². The van der Waals surface area contributed by atoms with E-state index in [1.807, 2.05) is 30.3 Å². The van der Waals surface area contributed by atoms with E-state index in [0.29, 0.717) is 5.02 Å². The summed E-state index contributed by atoms with van der Waals surface area (Å²) >= 11 is 5.95. The van der Waals surface area contributed by atoms with Crippen molar-refractivity contribution in [3.63, 3.8) is 0 Å². The maximum absolute atomic E-state index is 12.9. The van der Waals surface area contributed by atoms with Crippen LogP contribution >= 0.6 is 11.6 Å². The molecule has 1 unspecified atom stereocenters. The van der Waals surface area contributed by atoms with Crippen molar-refractivity contribution in [2.75, 3.05) is 0 Å². The van der Waals surface area contributed by atoms with Gasteiger partial charge in [0.2, 0.25) is 0 Å². The predicted molar refractivity (Wildman–Crippen MR) is 63.9 cm³/mol. The Morgan fingerprint density at radius 1 is 1.06 bits per heavy atom. The summed E-state index contributed by atoms with van der Waals surface area (Å²) in [6, 6.07) is 13.5. The van der Waals surface area contributed by atoms with E-state index in [-0.39, 0.29) is 11.9 Å². The molecular weight excluding hydrogens is 225 g/mol. The number of rotatable bonds is 2. The topological polar surface area (TPSA) is 26.0 Å². The summed E-state index contributed by atoms with van der Waals surface area (Å²) in [6.07, 6.45) is 0. The van der Waals surface area contributed by atoms with Crippen molar-refractivity contribution in [2.45, 2.75) is 6.04 Å². The highest BCUT2D eigenvalue weighted by Gasteiger charge is 2.12. The second-order valence-corrected chi connectivity index (χ2v) is 3.96. The maximum Gasteiger partial charge on any atom is 0.124 e. The van der Waals surface area contributed by atoms with E-state index in [9.17, 15) is 4.39 Å². The average Bonchev–Trinajstić information content (AvgIpc) is 2.29. The molecule has 16 heavy (non-hydrogen) atoms. The first kappa shape index (κ1) is 11.1. The molecule has 0 saturated carbocycles. The zero-order valence-electron chi connectivity index (χ0n) is 8.53. The zero-order valence-corrected chi connectivity index (χ0v) is 9.29. The molecular formula is C13H11ClFN. The van der Waals surface area contributed by atoms with Crippen molar-refractivity contribution in [1.29, 1.82) is 0 Å². The van der Waals surface area contributed by atoms with Gasteiger partial charge >= 0.3 is 0 Å². The van der Waals surface area contributed by atoms with E-state index in [0.717, 1.165) is 11.1 Å². The Balaban J connectivity index is 2.38. The van der Waals surface area contributed by atoms with Gasteiger partial charge in [0.25, 0.3) is 0 Å². The first-order chi connectivity index (χ1) is 7.68. The third-order valence-corrected chi connectivity index (χ3v) is 2.78. The molecule has 1 atom stereocenters. The fourth-order valence-electron chi connectivity index (χ4n) is 1.59. The Hall–Kier alpha value is -1.38. The smallest absolute Gasteiger partial charge is 0.124 e. The van der Waals surface area contributed by atoms with Crippen LogP contribution in [0.15, 0.2) is 48.5 Å². The number of hydrogen-bond acceptors (Lipinski definition) is 1. The molecule has 0 bridgehead atoms. The largest absolute Gasteiger partial charge is 0.320 e. The Kier molecular flexibility index (Phi) is 3.22. The van der Waals surface area contributed by atoms with Gasteiger partial charge in [0.15, 0.2) is 0 Å². The van der Waals surface area contributed by atoms with Gasteiger partial charge in [-0.05, 0) is 23.3 Å². The van der Waals surface area contributed by atoms with Crippen LogP contribution in [0.2, 0.25) is 5.02 Å². The van der Waals surface area contributed by atoms with Gasteiger partial charge < -0.3 is 5.73 Å². The highest BCUT2D eigenvalue weighted by molar-refractivity contribution is 6.31. The average molecular weight is 236 g/mol. The molecule has 0 spiro atoms. The highest BCUT2D eigenvalue weighted by atomic mass is 35.5. The van der Waals surface area contributed by atoms with Gasteiger partial charge in [-0.3, -0.25) is 0 Å². The van der Waals surface area contributed by atoms with Crippen molar-refractivity contribution in [3.05, 3.63) is 70.5 Å². The van der Waals surface area contributed by atoms with Crippen LogP contribution in [0.4, 0.5) is 4.39 Å². The summed E-state index contributed by atoms with van der Waals surface area (Å²) in [5.41, 5.74) is 7.75. The molecule has 2 aromatic rings. The Morgan fingerprint density at radius 2 is 1.75 bits per heavy atom. The molecule has 0 saturated heterocycles. The molecule has 2 rings (SSSR count). The number of benzene rings is 2. The highest BCUT2D eigenvalue weighted by Crippen LogP contribution is 2.26. The van der Waals surface area contributed by atoms with Crippen LogP contribution in [-0.4, -0.2) is 0 Å². The molecule has 82 valence electrons. The summed E-state index contributed by atoms with van der Waals surface area (Å²) in [7, 11) is 0. The zero-order chi connectivity index (χ0) is 11.5. The van der Waals surface area contributed by atoms with Crippen molar-refractivity contribution in [3.8, 4) is 0 Å². The van der Waals surface area contributed by atoms with Crippen LogP contribution in [-0.2, 0) is 0 Å². The standard InChI is InChI=1S/C13H11ClFN/c14-12-8-10(15)6-7-11(12)13(16)9-4-2-1-3-5-9/h1-8,13H,16H2. The summed E-state index contributed by atoms with van der Waals surface area (Å²) in [5, 5.41) is 0.358. The normalized spacial score (nSPS) is 12.4. The predicted octanol–water partition coefficient (Wildman–Crippen LogP) is 3.53. The van der Waals surface area contributed by atoms with Gasteiger partial charge in [-0.15, -0.1) is 0 Å². The van der Waals surface area contributed by atoms with E-state index in [4.69, 9.17) is 17.3 Å². The van der Waals surface area contributed by atoms with Crippen molar-refractivity contribution in [1.82, 2.24) is 0 Å². The quantitative estimate of drug-likeness (QED) is 0.847. The Morgan fingerprint density at radius 3 is 2.38 bits per heavy atom. The molecule has 0 radical (unpaired) electrons. The number of nitrogens with two attached hydrogens (primary N) is 1. The summed E-state index contributed by atoms with van der Waals surface area (Å²) in [5.74, 6) is -0.353. The SMILES string of the molecule is NC(c1ccccc1)c1ccc(F)cc1Cl. The maximum atomic E-state index is 12.9. The Bertz CT molecular complexity index is 485. The third-order valence-electron chi connectivity index (χ3n) is 2.46. The van der Waals surface area contributed by atoms with Crippen molar-refractivity contribution in [2.24, 2.45) is 5.73 Å². The van der Waals surface area contributed by atoms with Gasteiger partial charge in [0.05, 0.1) is 6.04 Å². The first-order valence-electron chi connectivity index (χ1n) is 4.94. The van der Waals surface area contributed by atoms with Gasteiger partial charge in [-0.2, -0.15) is 0 Å². The lowest BCUT2D eigenvalue weighted by Crippen LogP contribution is -2.12. The number of hydrogen-bond donors (Lipinski definition) is 1. The minimum atomic E-state index is -0.353. The van der Waals surface area contributed by atoms with Crippen molar-refractivity contribution < 1.29 is 4.39 Å². The van der Waals surface area contributed by atoms with E-state index in [2.05, 4.69) is 0 Å². The molecule has 0 heterocycles. The third kappa shape index (κ3) is 2.23. The van der Waals surface area contributed by atoms with E-state index in [1.54, 1.807) is 6.07 Å². The van der Waals surface area contributed by atoms with Crippen LogP contribution in [0.5, 0.6) is 0 Å². The first-order valence-corrected chi connectivity index (χ1v) is 5.32. The summed E-state index contributed by atoms with van der Waals surface area (Å²) in [6.45, 7) is 0. The minimum absolute atomic E-state index is 0.325. The van der Waals surface area contributed by atoms with Gasteiger partial charge in [-0.1, -0.05) is 48.0 Å². The lowest BCUT2D eigenvalue weighted by atomic mass is 10.00. The second-order valence-electron chi connectivity index (χ2n) is 3.55. The molecule has 0 aromatic heterocycles. The molecule has 0 fully saturated rings. The number of halogens is 2. The monoisotopic (exact) mass is 235 g/mol. The fourth-order valence-corrected chi connectivity index (χ4v) is 1.88. The van der Waals surface area contributed by atoms with Crippen LogP contribution in [0.1, 0.15) is 17.2 Å². The van der Waals surface area contributed by atoms with Gasteiger partial charge in [0, 0.05) is 5.02 Å². The second kappa shape index (κ2) is 4.64. The van der Waals surface area contributed by atoms with E-state index in [1.165, 1.54) is 12.1 Å². The minimum Gasteiger partial charge on any atom is -0.320 e. The summed E-state index contributed by atoms with van der Waals surface area (Å²) in [4.78, 5) is 0. The van der Waals surface area contributed by atoms with Crippen LogP contribution < -0.4 is 5.73 Å². The van der Waals surface area contributed by atoms with Crippen LogP contribution in [0.25, 0.3) is 0 Å².